The number of amides is 2. The van der Waals surface area contributed by atoms with Gasteiger partial charge in [-0.15, -0.1) is 0 Å². The van der Waals surface area contributed by atoms with Crippen LogP contribution in [0.5, 0.6) is 0 Å². The molecule has 0 spiro atoms. The van der Waals surface area contributed by atoms with Gasteiger partial charge in [0.2, 0.25) is 5.91 Å². The van der Waals surface area contributed by atoms with E-state index in [9.17, 15) is 18.0 Å². The number of hydrogen-bond acceptors (Lipinski definition) is 4. The predicted octanol–water partition coefficient (Wildman–Crippen LogP) is 1.92. The fraction of sp³-hybridized carbons (Fsp3) is 0.0667. The van der Waals surface area contributed by atoms with E-state index in [0.717, 1.165) is 0 Å². The van der Waals surface area contributed by atoms with Gasteiger partial charge in [0.05, 0.1) is 15.6 Å². The van der Waals surface area contributed by atoms with Gasteiger partial charge in [0, 0.05) is 12.5 Å². The summed E-state index contributed by atoms with van der Waals surface area (Å²) in [6.45, 7) is 1.25. The maximum Gasteiger partial charge on any atom is 0.269 e. The molecule has 0 unspecified atom stereocenters. The molecular weight excluding hydrogens is 354 g/mol. The van der Waals surface area contributed by atoms with Crippen molar-refractivity contribution in [2.75, 3.05) is 4.72 Å². The summed E-state index contributed by atoms with van der Waals surface area (Å²) in [6.07, 6.45) is 0. The minimum absolute atomic E-state index is 0.0292. The second-order valence-corrected chi connectivity index (χ2v) is 6.83. The first-order chi connectivity index (χ1) is 11.3. The highest BCUT2D eigenvalue weighted by Gasteiger charge is 2.16. The van der Waals surface area contributed by atoms with Crippen LogP contribution in [0.25, 0.3) is 0 Å². The lowest BCUT2D eigenvalue weighted by Crippen LogP contribution is -2.40. The summed E-state index contributed by atoms with van der Waals surface area (Å²) in [4.78, 5) is 22.5. The molecule has 0 aliphatic rings. The van der Waals surface area contributed by atoms with Crippen molar-refractivity contribution in [1.82, 2.24) is 10.9 Å². The number of para-hydroxylation sites is 1. The number of sulfonamides is 1. The zero-order valence-electron chi connectivity index (χ0n) is 12.5. The molecule has 3 N–H and O–H groups in total. The Morgan fingerprint density at radius 2 is 1.58 bits per heavy atom. The smallest absolute Gasteiger partial charge is 0.269 e. The maximum absolute atomic E-state index is 12.3. The van der Waals surface area contributed by atoms with E-state index in [-0.39, 0.29) is 21.2 Å². The van der Waals surface area contributed by atoms with Crippen molar-refractivity contribution in [3.05, 3.63) is 59.1 Å². The molecule has 0 saturated heterocycles. The van der Waals surface area contributed by atoms with Crippen LogP contribution in [0.2, 0.25) is 5.02 Å². The van der Waals surface area contributed by atoms with Crippen LogP contribution in [0, 0.1) is 0 Å². The topological polar surface area (TPSA) is 104 Å². The van der Waals surface area contributed by atoms with Crippen molar-refractivity contribution < 1.29 is 18.0 Å². The second-order valence-electron chi connectivity index (χ2n) is 4.75. The average molecular weight is 368 g/mol. The van der Waals surface area contributed by atoms with Crippen LogP contribution in [0.15, 0.2) is 53.4 Å². The van der Waals surface area contributed by atoms with Crippen molar-refractivity contribution in [2.45, 2.75) is 11.8 Å². The van der Waals surface area contributed by atoms with Crippen molar-refractivity contribution in [2.24, 2.45) is 0 Å². The highest BCUT2D eigenvalue weighted by Crippen LogP contribution is 2.24. The normalized spacial score (nSPS) is 10.8. The molecule has 126 valence electrons. The summed E-state index contributed by atoms with van der Waals surface area (Å²) < 4.78 is 27.0. The van der Waals surface area contributed by atoms with Crippen molar-refractivity contribution >= 4 is 39.1 Å². The van der Waals surface area contributed by atoms with E-state index >= 15 is 0 Å². The summed E-state index contributed by atoms with van der Waals surface area (Å²) in [6, 6.07) is 11.7. The van der Waals surface area contributed by atoms with E-state index in [0.29, 0.717) is 0 Å². The summed E-state index contributed by atoms with van der Waals surface area (Å²) in [5, 5.41) is 0.271. The van der Waals surface area contributed by atoms with Gasteiger partial charge in [-0.25, -0.2) is 8.42 Å². The van der Waals surface area contributed by atoms with Crippen molar-refractivity contribution in [3.8, 4) is 0 Å². The van der Waals surface area contributed by atoms with Gasteiger partial charge in [-0.1, -0.05) is 23.7 Å². The average Bonchev–Trinajstić information content (AvgIpc) is 2.54. The van der Waals surface area contributed by atoms with E-state index in [1.54, 1.807) is 18.2 Å². The molecule has 0 aromatic heterocycles. The number of hydrogen-bond donors (Lipinski definition) is 3. The molecule has 0 fully saturated rings. The number of benzene rings is 2. The number of halogens is 1. The van der Waals surface area contributed by atoms with Gasteiger partial charge in [0.1, 0.15) is 0 Å². The predicted molar refractivity (Wildman–Crippen MR) is 90.0 cm³/mol. The second kappa shape index (κ2) is 7.33. The first-order valence-electron chi connectivity index (χ1n) is 6.74. The number of hydrazine groups is 1. The SMILES string of the molecule is CC(=O)NNC(=O)c1ccc(S(=O)(=O)Nc2ccccc2Cl)cc1. The third-order valence-corrected chi connectivity index (χ3v) is 4.61. The van der Waals surface area contributed by atoms with E-state index < -0.39 is 21.8 Å². The van der Waals surface area contributed by atoms with E-state index in [1.807, 2.05) is 0 Å². The van der Waals surface area contributed by atoms with Crippen LogP contribution >= 0.6 is 11.6 Å². The Kier molecular flexibility index (Phi) is 5.42. The molecule has 0 bridgehead atoms. The molecule has 0 aliphatic heterocycles. The largest absolute Gasteiger partial charge is 0.278 e. The summed E-state index contributed by atoms with van der Waals surface area (Å²) in [7, 11) is -3.84. The molecule has 9 heteroatoms. The zero-order chi connectivity index (χ0) is 17.7. The number of nitrogens with one attached hydrogen (secondary N) is 3. The number of carbonyl (C=O) groups excluding carboxylic acids is 2. The van der Waals surface area contributed by atoms with Gasteiger partial charge in [-0.3, -0.25) is 25.2 Å². The highest BCUT2D eigenvalue weighted by atomic mass is 35.5. The molecular formula is C15H14ClN3O4S. The number of rotatable bonds is 4. The first-order valence-corrected chi connectivity index (χ1v) is 8.60. The molecule has 0 aliphatic carbocycles. The molecule has 2 aromatic rings. The lowest BCUT2D eigenvalue weighted by molar-refractivity contribution is -0.119. The quantitative estimate of drug-likeness (QED) is 0.718. The standard InChI is InChI=1S/C15H14ClN3O4S/c1-10(20)17-18-15(21)11-6-8-12(9-7-11)24(22,23)19-14-5-3-2-4-13(14)16/h2-9,19H,1H3,(H,17,20)(H,18,21). The Balaban J connectivity index is 2.16. The van der Waals surface area contributed by atoms with Crippen LogP contribution in [0.4, 0.5) is 5.69 Å². The monoisotopic (exact) mass is 367 g/mol. The molecule has 0 atom stereocenters. The van der Waals surface area contributed by atoms with Crippen LogP contribution in [-0.4, -0.2) is 20.2 Å². The van der Waals surface area contributed by atoms with E-state index in [4.69, 9.17) is 11.6 Å². The van der Waals surface area contributed by atoms with Crippen LogP contribution in [0.3, 0.4) is 0 Å². The molecule has 2 aromatic carbocycles. The summed E-state index contributed by atoms with van der Waals surface area (Å²) in [5.74, 6) is -0.986. The first kappa shape index (κ1) is 17.8. The van der Waals surface area contributed by atoms with Crippen molar-refractivity contribution in [3.63, 3.8) is 0 Å². The third-order valence-electron chi connectivity index (χ3n) is 2.90. The third kappa shape index (κ3) is 4.46. The molecule has 2 amide bonds. The molecule has 0 saturated carbocycles. The van der Waals surface area contributed by atoms with Gasteiger partial charge >= 0.3 is 0 Å². The Morgan fingerprint density at radius 3 is 2.17 bits per heavy atom. The summed E-state index contributed by atoms with van der Waals surface area (Å²) >= 11 is 5.93. The van der Waals surface area contributed by atoms with Gasteiger partial charge in [-0.05, 0) is 36.4 Å². The molecule has 7 nitrogen and oxygen atoms in total. The Hall–Kier alpha value is -2.58. The van der Waals surface area contributed by atoms with Gasteiger partial charge < -0.3 is 0 Å². The lowest BCUT2D eigenvalue weighted by atomic mass is 10.2. The van der Waals surface area contributed by atoms with E-state index in [1.165, 1.54) is 37.3 Å². The summed E-state index contributed by atoms with van der Waals surface area (Å²) in [5.41, 5.74) is 4.78. The Bertz CT molecular complexity index is 867. The minimum Gasteiger partial charge on any atom is -0.278 e. The van der Waals surface area contributed by atoms with E-state index in [2.05, 4.69) is 15.6 Å². The molecule has 0 heterocycles. The van der Waals surface area contributed by atoms with Crippen LogP contribution in [0.1, 0.15) is 17.3 Å². The number of anilines is 1. The lowest BCUT2D eigenvalue weighted by Gasteiger charge is -2.10. The molecule has 0 radical (unpaired) electrons. The fourth-order valence-electron chi connectivity index (χ4n) is 1.75. The van der Waals surface area contributed by atoms with Gasteiger partial charge in [0.15, 0.2) is 0 Å². The minimum atomic E-state index is -3.84. The van der Waals surface area contributed by atoms with Crippen molar-refractivity contribution in [1.29, 1.82) is 0 Å². The van der Waals surface area contributed by atoms with Gasteiger partial charge in [-0.2, -0.15) is 0 Å². The maximum atomic E-state index is 12.3. The van der Waals surface area contributed by atoms with Crippen LogP contribution < -0.4 is 15.6 Å². The fourth-order valence-corrected chi connectivity index (χ4v) is 3.07. The zero-order valence-corrected chi connectivity index (χ0v) is 14.1. The van der Waals surface area contributed by atoms with Gasteiger partial charge in [0.25, 0.3) is 15.9 Å². The highest BCUT2D eigenvalue weighted by molar-refractivity contribution is 7.92. The number of carbonyl (C=O) groups is 2. The Morgan fingerprint density at radius 1 is 0.958 bits per heavy atom. The Labute approximate surface area is 144 Å². The molecule has 2 rings (SSSR count). The van der Waals surface area contributed by atoms with Crippen LogP contribution in [-0.2, 0) is 14.8 Å². The molecule has 24 heavy (non-hydrogen) atoms.